The van der Waals surface area contributed by atoms with Crippen LogP contribution < -0.4 is 9.80 Å². The topological polar surface area (TPSA) is 60.9 Å². The van der Waals surface area contributed by atoms with Gasteiger partial charge in [-0.2, -0.15) is 0 Å². The van der Waals surface area contributed by atoms with Crippen LogP contribution in [-0.2, 0) is 9.59 Å². The van der Waals surface area contributed by atoms with E-state index in [1.165, 1.54) is 4.90 Å². The molecule has 0 unspecified atom stereocenters. The maximum atomic E-state index is 13.0. The lowest BCUT2D eigenvalue weighted by Gasteiger charge is -2.38. The molecule has 2 aliphatic rings. The third-order valence-corrected chi connectivity index (χ3v) is 5.78. The van der Waals surface area contributed by atoms with Crippen molar-refractivity contribution < 1.29 is 14.4 Å². The van der Waals surface area contributed by atoms with Gasteiger partial charge >= 0.3 is 0 Å². The van der Waals surface area contributed by atoms with Crippen molar-refractivity contribution in [1.82, 2.24) is 4.90 Å². The van der Waals surface area contributed by atoms with E-state index < -0.39 is 0 Å². The Morgan fingerprint density at radius 3 is 2.24 bits per heavy atom. The number of benzene rings is 2. The smallest absolute Gasteiger partial charge is 0.251 e. The first-order chi connectivity index (χ1) is 13.9. The minimum absolute atomic E-state index is 0.0592. The molecule has 2 aromatic carbocycles. The third kappa shape index (κ3) is 3.80. The van der Waals surface area contributed by atoms with Gasteiger partial charge in [0.05, 0.1) is 18.2 Å². The van der Waals surface area contributed by atoms with Gasteiger partial charge in [0.25, 0.3) is 5.91 Å². The highest BCUT2D eigenvalue weighted by Gasteiger charge is 2.43. The van der Waals surface area contributed by atoms with Crippen molar-refractivity contribution >= 4 is 29.0 Å². The average Bonchev–Trinajstić information content (AvgIpc) is 3.02. The van der Waals surface area contributed by atoms with Crippen LogP contribution in [0, 0.1) is 6.92 Å². The van der Waals surface area contributed by atoms with E-state index in [-0.39, 0.29) is 30.1 Å². The summed E-state index contributed by atoms with van der Waals surface area (Å²) in [5, 5.41) is 0. The molecule has 1 atom stereocenters. The third-order valence-electron chi connectivity index (χ3n) is 5.78. The number of amides is 2. The highest BCUT2D eigenvalue weighted by atomic mass is 16.2. The maximum Gasteiger partial charge on any atom is 0.251 e. The number of ketones is 1. The molecule has 2 aromatic rings. The number of rotatable bonds is 4. The molecule has 150 valence electrons. The summed E-state index contributed by atoms with van der Waals surface area (Å²) in [6.45, 7) is 6.52. The molecule has 2 fully saturated rings. The number of hydrogen-bond donors (Lipinski definition) is 0. The number of carbonyl (C=O) groups is 3. The summed E-state index contributed by atoms with van der Waals surface area (Å²) < 4.78 is 0. The number of hydrogen-bond acceptors (Lipinski definition) is 5. The van der Waals surface area contributed by atoms with Gasteiger partial charge in [0.1, 0.15) is 0 Å². The van der Waals surface area contributed by atoms with Crippen molar-refractivity contribution in [3.63, 3.8) is 0 Å². The molecule has 0 aromatic heterocycles. The lowest BCUT2D eigenvalue weighted by atomic mass is 10.1. The summed E-state index contributed by atoms with van der Waals surface area (Å²) >= 11 is 0. The number of imide groups is 1. The van der Waals surface area contributed by atoms with Gasteiger partial charge in [0.15, 0.2) is 5.78 Å². The largest absolute Gasteiger partial charge is 0.369 e. The number of nitrogens with zero attached hydrogens (tertiary/aromatic N) is 3. The summed E-state index contributed by atoms with van der Waals surface area (Å²) in [6.07, 6.45) is 0.236. The lowest BCUT2D eigenvalue weighted by Crippen LogP contribution is -2.52. The van der Waals surface area contributed by atoms with Crippen LogP contribution >= 0.6 is 0 Å². The summed E-state index contributed by atoms with van der Waals surface area (Å²) in [5.74, 6) is -0.198. The normalized spacial score (nSPS) is 20.4. The van der Waals surface area contributed by atoms with Crippen LogP contribution in [0.5, 0.6) is 0 Å². The standard InChI is InChI=1S/C23H25N3O3/c1-16-4-3-5-20(14-16)26-22(28)15-21(23(26)29)25-12-10-24(11-13-25)19-8-6-18(7-9-19)17(2)27/h3-9,14,21H,10-13,15H2,1-2H3/t21-/m1/s1. The second kappa shape index (κ2) is 7.79. The van der Waals surface area contributed by atoms with Gasteiger partial charge in [-0.25, -0.2) is 4.90 Å². The highest BCUT2D eigenvalue weighted by Crippen LogP contribution is 2.27. The molecular weight excluding hydrogens is 366 g/mol. The van der Waals surface area contributed by atoms with Crippen LogP contribution in [0.25, 0.3) is 0 Å². The first-order valence-electron chi connectivity index (χ1n) is 9.97. The predicted octanol–water partition coefficient (Wildman–Crippen LogP) is 2.65. The Labute approximate surface area is 170 Å². The Balaban J connectivity index is 1.41. The van der Waals surface area contributed by atoms with Crippen LogP contribution in [0.4, 0.5) is 11.4 Å². The molecule has 0 radical (unpaired) electrons. The fraction of sp³-hybridized carbons (Fsp3) is 0.348. The fourth-order valence-electron chi connectivity index (χ4n) is 4.14. The quantitative estimate of drug-likeness (QED) is 0.592. The Morgan fingerprint density at radius 1 is 0.931 bits per heavy atom. The van der Waals surface area contributed by atoms with E-state index in [9.17, 15) is 14.4 Å². The molecule has 6 heteroatoms. The Bertz CT molecular complexity index is 946. The molecule has 2 aliphatic heterocycles. The molecule has 0 spiro atoms. The van der Waals surface area contributed by atoms with Crippen molar-refractivity contribution in [2.24, 2.45) is 0 Å². The fourth-order valence-corrected chi connectivity index (χ4v) is 4.14. The second-order valence-corrected chi connectivity index (χ2v) is 7.75. The van der Waals surface area contributed by atoms with Gasteiger partial charge in [-0.15, -0.1) is 0 Å². The van der Waals surface area contributed by atoms with E-state index in [0.29, 0.717) is 11.3 Å². The van der Waals surface area contributed by atoms with Gasteiger partial charge in [0, 0.05) is 37.4 Å². The van der Waals surface area contributed by atoms with Crippen LogP contribution in [0.2, 0.25) is 0 Å². The number of aryl methyl sites for hydroxylation is 1. The summed E-state index contributed by atoms with van der Waals surface area (Å²) in [5.41, 5.74) is 3.46. The zero-order valence-corrected chi connectivity index (χ0v) is 16.8. The zero-order chi connectivity index (χ0) is 20.5. The predicted molar refractivity (Wildman–Crippen MR) is 112 cm³/mol. The minimum atomic E-state index is -0.384. The van der Waals surface area contributed by atoms with Crippen molar-refractivity contribution in [2.45, 2.75) is 26.3 Å². The van der Waals surface area contributed by atoms with E-state index in [4.69, 9.17) is 0 Å². The number of Topliss-reactive ketones (excluding diaryl/α,β-unsaturated/α-hetero) is 1. The molecule has 0 saturated carbocycles. The van der Waals surface area contributed by atoms with Gasteiger partial charge in [-0.3, -0.25) is 19.3 Å². The first kappa shape index (κ1) is 19.3. The van der Waals surface area contributed by atoms with Gasteiger partial charge in [-0.05, 0) is 55.8 Å². The molecule has 2 amide bonds. The Morgan fingerprint density at radius 2 is 1.62 bits per heavy atom. The molecular formula is C23H25N3O3. The molecule has 0 bridgehead atoms. The van der Waals surface area contributed by atoms with E-state index in [2.05, 4.69) is 9.80 Å². The Kier molecular flexibility index (Phi) is 5.20. The van der Waals surface area contributed by atoms with Gasteiger partial charge < -0.3 is 4.90 Å². The second-order valence-electron chi connectivity index (χ2n) is 7.75. The SMILES string of the molecule is CC(=O)c1ccc(N2CCN([C@@H]3CC(=O)N(c4cccc(C)c4)C3=O)CC2)cc1. The zero-order valence-electron chi connectivity index (χ0n) is 16.8. The lowest BCUT2D eigenvalue weighted by molar-refractivity contribution is -0.123. The Hall–Kier alpha value is -2.99. The van der Waals surface area contributed by atoms with Crippen LogP contribution in [0.1, 0.15) is 29.3 Å². The molecule has 29 heavy (non-hydrogen) atoms. The van der Waals surface area contributed by atoms with Crippen molar-refractivity contribution in [1.29, 1.82) is 0 Å². The average molecular weight is 391 g/mol. The maximum absolute atomic E-state index is 13.0. The van der Waals surface area contributed by atoms with Crippen molar-refractivity contribution in [3.8, 4) is 0 Å². The first-order valence-corrected chi connectivity index (χ1v) is 9.97. The van der Waals surface area contributed by atoms with Crippen LogP contribution in [0.15, 0.2) is 48.5 Å². The summed E-state index contributed by atoms with van der Waals surface area (Å²) in [4.78, 5) is 42.7. The number of anilines is 2. The minimum Gasteiger partial charge on any atom is -0.369 e. The van der Waals surface area contributed by atoms with E-state index in [0.717, 1.165) is 37.4 Å². The van der Waals surface area contributed by atoms with Crippen molar-refractivity contribution in [3.05, 3.63) is 59.7 Å². The van der Waals surface area contributed by atoms with Gasteiger partial charge in [0.2, 0.25) is 5.91 Å². The number of carbonyl (C=O) groups excluding carboxylic acids is 3. The number of piperazine rings is 1. The van der Waals surface area contributed by atoms with Crippen LogP contribution in [-0.4, -0.2) is 54.7 Å². The molecule has 2 heterocycles. The molecule has 0 N–H and O–H groups in total. The van der Waals surface area contributed by atoms with E-state index in [1.54, 1.807) is 6.92 Å². The van der Waals surface area contributed by atoms with Gasteiger partial charge in [-0.1, -0.05) is 12.1 Å². The van der Waals surface area contributed by atoms with Crippen molar-refractivity contribution in [2.75, 3.05) is 36.0 Å². The molecule has 6 nitrogen and oxygen atoms in total. The highest BCUT2D eigenvalue weighted by molar-refractivity contribution is 6.22. The monoisotopic (exact) mass is 391 g/mol. The summed E-state index contributed by atoms with van der Waals surface area (Å²) in [7, 11) is 0. The summed E-state index contributed by atoms with van der Waals surface area (Å²) in [6, 6.07) is 14.8. The molecule has 2 saturated heterocycles. The molecule has 0 aliphatic carbocycles. The van der Waals surface area contributed by atoms with E-state index >= 15 is 0 Å². The van der Waals surface area contributed by atoms with E-state index in [1.807, 2.05) is 55.5 Å². The van der Waals surface area contributed by atoms with Crippen LogP contribution in [0.3, 0.4) is 0 Å². The molecule has 4 rings (SSSR count).